The van der Waals surface area contributed by atoms with Gasteiger partial charge in [0.1, 0.15) is 6.23 Å². The van der Waals surface area contributed by atoms with Crippen LogP contribution in [0.1, 0.15) is 49.4 Å². The maximum Gasteiger partial charge on any atom is 0.123 e. The predicted molar refractivity (Wildman–Crippen MR) is 98.7 cm³/mol. The van der Waals surface area contributed by atoms with Crippen molar-refractivity contribution >= 4 is 10.9 Å². The summed E-state index contributed by atoms with van der Waals surface area (Å²) in [6, 6.07) is 8.47. The van der Waals surface area contributed by atoms with Crippen molar-refractivity contribution in [3.8, 4) is 0 Å². The van der Waals surface area contributed by atoms with Gasteiger partial charge in [-0.15, -0.1) is 0 Å². The number of para-hydroxylation sites is 1. The molecule has 132 valence electrons. The van der Waals surface area contributed by atoms with Crippen molar-refractivity contribution in [1.29, 1.82) is 0 Å². The molecule has 2 unspecified atom stereocenters. The number of aliphatic hydroxyl groups is 1. The van der Waals surface area contributed by atoms with Crippen LogP contribution < -0.4 is 16.8 Å². The number of fused-ring (bicyclic) bond motifs is 1. The molecule has 1 aromatic heterocycles. The predicted octanol–water partition coefficient (Wildman–Crippen LogP) is 2.15. The van der Waals surface area contributed by atoms with Gasteiger partial charge in [-0.25, -0.2) is 0 Å². The van der Waals surface area contributed by atoms with Crippen molar-refractivity contribution in [1.82, 2.24) is 9.88 Å². The molecule has 1 heterocycles. The normalized spacial score (nSPS) is 18.8. The van der Waals surface area contributed by atoms with Crippen molar-refractivity contribution in [3.05, 3.63) is 35.5 Å². The third kappa shape index (κ3) is 3.49. The highest BCUT2D eigenvalue weighted by Gasteiger charge is 2.21. The molecule has 24 heavy (non-hydrogen) atoms. The Hall–Kier alpha value is -1.40. The van der Waals surface area contributed by atoms with E-state index >= 15 is 0 Å². The van der Waals surface area contributed by atoms with Gasteiger partial charge in [-0.1, -0.05) is 37.5 Å². The second kappa shape index (κ2) is 7.66. The summed E-state index contributed by atoms with van der Waals surface area (Å²) in [6.07, 6.45) is 5.59. The van der Waals surface area contributed by atoms with Crippen LogP contribution in [0.15, 0.2) is 24.3 Å². The number of nitrogens with one attached hydrogen (secondary N) is 1. The number of nitrogens with zero attached hydrogens (tertiary/aromatic N) is 1. The third-order valence-electron chi connectivity index (χ3n) is 5.29. The number of aliphatic hydroxyl groups excluding tert-OH is 1. The van der Waals surface area contributed by atoms with Gasteiger partial charge in [0.25, 0.3) is 0 Å². The van der Waals surface area contributed by atoms with Gasteiger partial charge >= 0.3 is 0 Å². The maximum absolute atomic E-state index is 10.6. The lowest BCUT2D eigenvalue weighted by Crippen LogP contribution is -2.41. The zero-order chi connectivity index (χ0) is 17.1. The minimum atomic E-state index is -0.551. The first-order valence-corrected chi connectivity index (χ1v) is 9.09. The third-order valence-corrected chi connectivity index (χ3v) is 5.29. The summed E-state index contributed by atoms with van der Waals surface area (Å²) in [5.74, 6) is 0. The van der Waals surface area contributed by atoms with Crippen molar-refractivity contribution in [2.24, 2.45) is 11.5 Å². The van der Waals surface area contributed by atoms with E-state index in [4.69, 9.17) is 11.5 Å². The summed E-state index contributed by atoms with van der Waals surface area (Å²) < 4.78 is 2.17. The van der Waals surface area contributed by atoms with Gasteiger partial charge in [0.2, 0.25) is 0 Å². The number of hydrogen-bond acceptors (Lipinski definition) is 4. The van der Waals surface area contributed by atoms with E-state index in [0.717, 1.165) is 35.0 Å². The molecule has 0 radical (unpaired) electrons. The fraction of sp³-hybridized carbons (Fsp3) is 0.579. The lowest BCUT2D eigenvalue weighted by Gasteiger charge is -2.26. The molecule has 0 amide bonds. The Balaban J connectivity index is 1.84. The van der Waals surface area contributed by atoms with Gasteiger partial charge < -0.3 is 21.1 Å². The molecule has 6 N–H and O–H groups in total. The van der Waals surface area contributed by atoms with Gasteiger partial charge in [-0.2, -0.15) is 0 Å². The van der Waals surface area contributed by atoms with Gasteiger partial charge in [0.15, 0.2) is 0 Å². The Bertz CT molecular complexity index is 675. The summed E-state index contributed by atoms with van der Waals surface area (Å²) in [5.41, 5.74) is 15.3. The quantitative estimate of drug-likeness (QED) is 0.611. The molecule has 1 fully saturated rings. The van der Waals surface area contributed by atoms with Crippen LogP contribution in [0.2, 0.25) is 0 Å². The largest absolute Gasteiger partial charge is 0.377 e. The van der Waals surface area contributed by atoms with Crippen LogP contribution in [0.25, 0.3) is 10.9 Å². The van der Waals surface area contributed by atoms with Crippen LogP contribution in [0.4, 0.5) is 0 Å². The van der Waals surface area contributed by atoms with Gasteiger partial charge in [0, 0.05) is 35.2 Å². The van der Waals surface area contributed by atoms with Crippen LogP contribution in [0, 0.1) is 6.92 Å². The average molecular weight is 330 g/mol. The van der Waals surface area contributed by atoms with E-state index in [0.29, 0.717) is 19.1 Å². The standard InChI is InChI=1S/C19H30N4O/c1-13-19(16(21)11-20)15-9-5-6-10-17(15)23(13)12-18(24)22-14-7-3-2-4-8-14/h5-6,9-10,14,16,18,22,24H,2-4,7-8,11-12,20-21H2,1H3. The molecule has 2 aromatic rings. The molecule has 0 saturated heterocycles. The molecule has 1 aliphatic carbocycles. The van der Waals surface area contributed by atoms with Crippen LogP contribution in [0.5, 0.6) is 0 Å². The second-order valence-electron chi connectivity index (χ2n) is 6.99. The van der Waals surface area contributed by atoms with E-state index in [2.05, 4.69) is 28.9 Å². The first kappa shape index (κ1) is 17.4. The summed E-state index contributed by atoms with van der Waals surface area (Å²) in [6.45, 7) is 3.01. The molecule has 5 heteroatoms. The zero-order valence-electron chi connectivity index (χ0n) is 14.5. The van der Waals surface area contributed by atoms with Gasteiger partial charge in [-0.3, -0.25) is 5.32 Å². The number of rotatable bonds is 6. The number of hydrogen-bond donors (Lipinski definition) is 4. The van der Waals surface area contributed by atoms with Crippen molar-refractivity contribution in [2.75, 3.05) is 6.54 Å². The van der Waals surface area contributed by atoms with Crippen LogP contribution in [-0.4, -0.2) is 28.5 Å². The Morgan fingerprint density at radius 2 is 1.96 bits per heavy atom. The zero-order valence-corrected chi connectivity index (χ0v) is 14.5. The van der Waals surface area contributed by atoms with Crippen molar-refractivity contribution < 1.29 is 5.11 Å². The molecule has 0 bridgehead atoms. The fourth-order valence-corrected chi connectivity index (χ4v) is 4.05. The number of aromatic nitrogens is 1. The van der Waals surface area contributed by atoms with Gasteiger partial charge in [-0.05, 0) is 31.4 Å². The Kier molecular flexibility index (Phi) is 5.56. The molecular weight excluding hydrogens is 300 g/mol. The minimum absolute atomic E-state index is 0.181. The molecule has 1 aromatic carbocycles. The second-order valence-corrected chi connectivity index (χ2v) is 6.99. The number of benzene rings is 1. The smallest absolute Gasteiger partial charge is 0.123 e. The SMILES string of the molecule is Cc1c(C(N)CN)c2ccccc2n1CC(O)NC1CCCCC1. The van der Waals surface area contributed by atoms with E-state index in [1.807, 2.05) is 12.1 Å². The number of nitrogens with two attached hydrogens (primary N) is 2. The molecule has 1 saturated carbocycles. The van der Waals surface area contributed by atoms with Crippen molar-refractivity contribution in [2.45, 2.75) is 63.9 Å². The maximum atomic E-state index is 10.6. The minimum Gasteiger partial charge on any atom is -0.377 e. The molecule has 1 aliphatic rings. The van der Waals surface area contributed by atoms with E-state index < -0.39 is 6.23 Å². The summed E-state index contributed by atoms with van der Waals surface area (Å²) in [7, 11) is 0. The first-order valence-electron chi connectivity index (χ1n) is 9.09. The molecular formula is C19H30N4O. The van der Waals surface area contributed by atoms with E-state index in [1.54, 1.807) is 0 Å². The van der Waals surface area contributed by atoms with E-state index in [1.165, 1.54) is 19.3 Å². The van der Waals surface area contributed by atoms with E-state index in [-0.39, 0.29) is 6.04 Å². The van der Waals surface area contributed by atoms with Crippen LogP contribution in [0.3, 0.4) is 0 Å². The highest BCUT2D eigenvalue weighted by molar-refractivity contribution is 5.86. The average Bonchev–Trinajstić information content (AvgIpc) is 2.87. The van der Waals surface area contributed by atoms with Crippen molar-refractivity contribution in [3.63, 3.8) is 0 Å². The molecule has 2 atom stereocenters. The topological polar surface area (TPSA) is 89.2 Å². The van der Waals surface area contributed by atoms with E-state index in [9.17, 15) is 5.11 Å². The highest BCUT2D eigenvalue weighted by Crippen LogP contribution is 2.29. The monoisotopic (exact) mass is 330 g/mol. The summed E-state index contributed by atoms with van der Waals surface area (Å²) in [5, 5.41) is 15.1. The lowest BCUT2D eigenvalue weighted by atomic mass is 9.95. The Labute approximate surface area is 144 Å². The Morgan fingerprint density at radius 3 is 2.67 bits per heavy atom. The van der Waals surface area contributed by atoms with Crippen LogP contribution in [-0.2, 0) is 6.54 Å². The molecule has 0 spiro atoms. The van der Waals surface area contributed by atoms with Crippen LogP contribution >= 0.6 is 0 Å². The highest BCUT2D eigenvalue weighted by atomic mass is 16.3. The first-order chi connectivity index (χ1) is 11.6. The summed E-state index contributed by atoms with van der Waals surface area (Å²) >= 11 is 0. The Morgan fingerprint density at radius 1 is 1.25 bits per heavy atom. The molecule has 5 nitrogen and oxygen atoms in total. The molecule has 0 aliphatic heterocycles. The molecule has 3 rings (SSSR count). The summed E-state index contributed by atoms with van der Waals surface area (Å²) in [4.78, 5) is 0. The van der Waals surface area contributed by atoms with Gasteiger partial charge in [0.05, 0.1) is 6.54 Å². The lowest BCUT2D eigenvalue weighted by molar-refractivity contribution is 0.0967. The fourth-order valence-electron chi connectivity index (χ4n) is 4.05.